The van der Waals surface area contributed by atoms with Crippen LogP contribution in [0.15, 0.2) is 51.6 Å². The van der Waals surface area contributed by atoms with Crippen LogP contribution in [0.1, 0.15) is 19.2 Å². The first-order valence-electron chi connectivity index (χ1n) is 7.64. The Morgan fingerprint density at radius 2 is 1.92 bits per heavy atom. The zero-order valence-corrected chi connectivity index (χ0v) is 13.5. The number of rotatable bonds is 6. The van der Waals surface area contributed by atoms with Gasteiger partial charge in [-0.25, -0.2) is 0 Å². The standard InChI is InChI=1S/C17H16N4O4/c1-11(22)18-12-4-2-5-13(10-12)19-15(23)7-8-16-20-17(21-25-16)14-6-3-9-24-14/h2-6,9-10H,7-8H2,1H3,(H,18,22)(H,19,23). The average Bonchev–Trinajstić information content (AvgIpc) is 3.24. The Bertz CT molecular complexity index is 870. The quantitative estimate of drug-likeness (QED) is 0.714. The second kappa shape index (κ2) is 7.43. The first-order valence-corrected chi connectivity index (χ1v) is 7.64. The summed E-state index contributed by atoms with van der Waals surface area (Å²) in [4.78, 5) is 27.3. The molecule has 2 heterocycles. The fourth-order valence-corrected chi connectivity index (χ4v) is 2.18. The van der Waals surface area contributed by atoms with Gasteiger partial charge in [0, 0.05) is 31.1 Å². The lowest BCUT2D eigenvalue weighted by atomic mass is 10.2. The van der Waals surface area contributed by atoms with Gasteiger partial charge in [-0.3, -0.25) is 9.59 Å². The molecule has 1 aromatic carbocycles. The molecule has 3 aromatic rings. The van der Waals surface area contributed by atoms with E-state index < -0.39 is 0 Å². The molecule has 0 saturated heterocycles. The van der Waals surface area contributed by atoms with E-state index in [0.29, 0.717) is 35.3 Å². The maximum absolute atomic E-state index is 12.0. The van der Waals surface area contributed by atoms with Crippen molar-refractivity contribution in [1.82, 2.24) is 10.1 Å². The fourth-order valence-electron chi connectivity index (χ4n) is 2.18. The number of amides is 2. The molecule has 0 aliphatic carbocycles. The molecular formula is C17H16N4O4. The summed E-state index contributed by atoms with van der Waals surface area (Å²) in [5, 5.41) is 9.23. The lowest BCUT2D eigenvalue weighted by Crippen LogP contribution is -2.13. The Kier molecular flexibility index (Phi) is 4.89. The van der Waals surface area contributed by atoms with Crippen molar-refractivity contribution in [2.45, 2.75) is 19.8 Å². The van der Waals surface area contributed by atoms with Gasteiger partial charge in [0.1, 0.15) is 0 Å². The summed E-state index contributed by atoms with van der Waals surface area (Å²) in [5.74, 6) is 0.844. The zero-order chi connectivity index (χ0) is 17.6. The molecule has 0 spiro atoms. The van der Waals surface area contributed by atoms with Gasteiger partial charge >= 0.3 is 0 Å². The lowest BCUT2D eigenvalue weighted by Gasteiger charge is -2.07. The second-order valence-corrected chi connectivity index (χ2v) is 5.30. The van der Waals surface area contributed by atoms with Gasteiger partial charge in [0.15, 0.2) is 5.76 Å². The Labute approximate surface area is 143 Å². The number of aromatic nitrogens is 2. The van der Waals surface area contributed by atoms with Crippen molar-refractivity contribution in [3.8, 4) is 11.6 Å². The highest BCUT2D eigenvalue weighted by Gasteiger charge is 2.12. The normalized spacial score (nSPS) is 10.4. The van der Waals surface area contributed by atoms with Crippen LogP contribution in [-0.4, -0.2) is 22.0 Å². The number of hydrogen-bond donors (Lipinski definition) is 2. The molecule has 0 saturated carbocycles. The van der Waals surface area contributed by atoms with Gasteiger partial charge in [-0.05, 0) is 30.3 Å². The Hall–Kier alpha value is -3.42. The minimum atomic E-state index is -0.197. The predicted octanol–water partition coefficient (Wildman–Crippen LogP) is 2.86. The number of carbonyl (C=O) groups is 2. The third kappa shape index (κ3) is 4.54. The van der Waals surface area contributed by atoms with Crippen molar-refractivity contribution in [1.29, 1.82) is 0 Å². The summed E-state index contributed by atoms with van der Waals surface area (Å²) in [6, 6.07) is 10.4. The highest BCUT2D eigenvalue weighted by Crippen LogP contribution is 2.17. The molecular weight excluding hydrogens is 324 g/mol. The number of furan rings is 1. The first kappa shape index (κ1) is 16.4. The van der Waals surface area contributed by atoms with Gasteiger partial charge < -0.3 is 19.6 Å². The largest absolute Gasteiger partial charge is 0.461 e. The summed E-state index contributed by atoms with van der Waals surface area (Å²) in [7, 11) is 0. The van der Waals surface area contributed by atoms with Gasteiger partial charge in [0.05, 0.1) is 6.26 Å². The summed E-state index contributed by atoms with van der Waals surface area (Å²) in [6.07, 6.45) is 2.02. The zero-order valence-electron chi connectivity index (χ0n) is 13.5. The minimum Gasteiger partial charge on any atom is -0.461 e. The number of aryl methyl sites for hydroxylation is 1. The van der Waals surface area contributed by atoms with Crippen molar-refractivity contribution in [3.05, 3.63) is 48.6 Å². The molecule has 25 heavy (non-hydrogen) atoms. The fraction of sp³-hybridized carbons (Fsp3) is 0.176. The van der Waals surface area contributed by atoms with E-state index in [1.54, 1.807) is 36.4 Å². The van der Waals surface area contributed by atoms with E-state index in [0.717, 1.165) is 0 Å². The maximum atomic E-state index is 12.0. The molecule has 0 radical (unpaired) electrons. The molecule has 8 nitrogen and oxygen atoms in total. The van der Waals surface area contributed by atoms with Crippen LogP contribution in [0.2, 0.25) is 0 Å². The van der Waals surface area contributed by atoms with Crippen LogP contribution in [0.3, 0.4) is 0 Å². The number of benzene rings is 1. The maximum Gasteiger partial charge on any atom is 0.238 e. The van der Waals surface area contributed by atoms with Crippen LogP contribution >= 0.6 is 0 Å². The molecule has 128 valence electrons. The molecule has 0 bridgehead atoms. The predicted molar refractivity (Wildman–Crippen MR) is 89.7 cm³/mol. The van der Waals surface area contributed by atoms with E-state index in [-0.39, 0.29) is 18.2 Å². The number of carbonyl (C=O) groups excluding carboxylic acids is 2. The molecule has 0 fully saturated rings. The summed E-state index contributed by atoms with van der Waals surface area (Å²) in [5.41, 5.74) is 1.21. The molecule has 0 aliphatic rings. The van der Waals surface area contributed by atoms with Crippen molar-refractivity contribution in [2.75, 3.05) is 10.6 Å². The highest BCUT2D eigenvalue weighted by atomic mass is 16.5. The van der Waals surface area contributed by atoms with E-state index >= 15 is 0 Å². The van der Waals surface area contributed by atoms with Crippen LogP contribution < -0.4 is 10.6 Å². The Morgan fingerprint density at radius 1 is 1.12 bits per heavy atom. The van der Waals surface area contributed by atoms with E-state index in [4.69, 9.17) is 8.94 Å². The van der Waals surface area contributed by atoms with Crippen molar-refractivity contribution in [2.24, 2.45) is 0 Å². The van der Waals surface area contributed by atoms with E-state index in [9.17, 15) is 9.59 Å². The Balaban J connectivity index is 1.54. The number of nitrogens with zero attached hydrogens (tertiary/aromatic N) is 2. The molecule has 2 amide bonds. The van der Waals surface area contributed by atoms with Crippen LogP contribution in [0.4, 0.5) is 11.4 Å². The summed E-state index contributed by atoms with van der Waals surface area (Å²) in [6.45, 7) is 1.42. The van der Waals surface area contributed by atoms with Gasteiger partial charge in [-0.1, -0.05) is 11.2 Å². The minimum absolute atomic E-state index is 0.174. The van der Waals surface area contributed by atoms with E-state index in [2.05, 4.69) is 20.8 Å². The van der Waals surface area contributed by atoms with Crippen LogP contribution in [0.25, 0.3) is 11.6 Å². The highest BCUT2D eigenvalue weighted by molar-refractivity contribution is 5.93. The second-order valence-electron chi connectivity index (χ2n) is 5.30. The van der Waals surface area contributed by atoms with E-state index in [1.807, 2.05) is 0 Å². The topological polar surface area (TPSA) is 110 Å². The van der Waals surface area contributed by atoms with Crippen molar-refractivity contribution in [3.63, 3.8) is 0 Å². The average molecular weight is 340 g/mol. The van der Waals surface area contributed by atoms with Crippen molar-refractivity contribution < 1.29 is 18.5 Å². The van der Waals surface area contributed by atoms with Gasteiger partial charge in [-0.2, -0.15) is 4.98 Å². The number of nitrogens with one attached hydrogen (secondary N) is 2. The monoisotopic (exact) mass is 340 g/mol. The molecule has 0 atom stereocenters. The third-order valence-corrected chi connectivity index (χ3v) is 3.24. The smallest absolute Gasteiger partial charge is 0.238 e. The van der Waals surface area contributed by atoms with Gasteiger partial charge in [0.2, 0.25) is 23.5 Å². The molecule has 3 rings (SSSR count). The number of hydrogen-bond acceptors (Lipinski definition) is 6. The molecule has 8 heteroatoms. The van der Waals surface area contributed by atoms with Crippen LogP contribution in [-0.2, 0) is 16.0 Å². The lowest BCUT2D eigenvalue weighted by molar-refractivity contribution is -0.116. The third-order valence-electron chi connectivity index (χ3n) is 3.24. The first-order chi connectivity index (χ1) is 12.1. The number of anilines is 2. The molecule has 0 aliphatic heterocycles. The molecule has 2 aromatic heterocycles. The Morgan fingerprint density at radius 3 is 2.64 bits per heavy atom. The van der Waals surface area contributed by atoms with Crippen LogP contribution in [0, 0.1) is 0 Å². The summed E-state index contributed by atoms with van der Waals surface area (Å²) >= 11 is 0. The summed E-state index contributed by atoms with van der Waals surface area (Å²) < 4.78 is 10.3. The SMILES string of the molecule is CC(=O)Nc1cccc(NC(=O)CCc2nc(-c3ccco3)no2)c1. The van der Waals surface area contributed by atoms with Gasteiger partial charge in [-0.15, -0.1) is 0 Å². The van der Waals surface area contributed by atoms with Crippen LogP contribution in [0.5, 0.6) is 0 Å². The molecule has 0 unspecified atom stereocenters. The van der Waals surface area contributed by atoms with Crippen molar-refractivity contribution >= 4 is 23.2 Å². The van der Waals surface area contributed by atoms with E-state index in [1.165, 1.54) is 13.2 Å². The molecule has 2 N–H and O–H groups in total. The van der Waals surface area contributed by atoms with Gasteiger partial charge in [0.25, 0.3) is 0 Å².